The molecule has 0 saturated heterocycles. The molecule has 1 aromatic carbocycles. The van der Waals surface area contributed by atoms with E-state index in [0.29, 0.717) is 27.8 Å². The summed E-state index contributed by atoms with van der Waals surface area (Å²) in [5.41, 5.74) is 6.83. The lowest BCUT2D eigenvalue weighted by Gasteiger charge is -2.12. The molecule has 0 atom stereocenters. The van der Waals surface area contributed by atoms with Gasteiger partial charge < -0.3 is 15.8 Å². The Balaban J connectivity index is 2.32. The number of hydrogen-bond acceptors (Lipinski definition) is 6. The number of nitrogens with one attached hydrogen (secondary N) is 1. The molecule has 0 fully saturated rings. The van der Waals surface area contributed by atoms with Crippen LogP contribution in [0.4, 0.5) is 11.5 Å². The lowest BCUT2D eigenvalue weighted by Crippen LogP contribution is -2.16. The normalized spacial score (nSPS) is 9.83. The van der Waals surface area contributed by atoms with Crippen molar-refractivity contribution in [3.63, 3.8) is 0 Å². The average Bonchev–Trinajstić information content (AvgIpc) is 2.60. The smallest absolute Gasteiger partial charge is 0.259 e. The van der Waals surface area contributed by atoms with E-state index >= 15 is 0 Å². The summed E-state index contributed by atoms with van der Waals surface area (Å²) in [5.74, 6) is 0.721. The summed E-state index contributed by atoms with van der Waals surface area (Å²) in [7, 11) is 1.51. The Morgan fingerprint density at radius 1 is 1.54 bits per heavy atom. The van der Waals surface area contributed by atoms with Crippen molar-refractivity contribution in [2.24, 2.45) is 0 Å². The molecule has 1 amide bonds. The van der Waals surface area contributed by atoms with Gasteiger partial charge in [0.25, 0.3) is 5.91 Å². The molecule has 3 N–H and O–H groups in total. The van der Waals surface area contributed by atoms with Gasteiger partial charge in [0.15, 0.2) is 0 Å². The predicted molar refractivity (Wildman–Crippen MR) is 95.2 cm³/mol. The summed E-state index contributed by atoms with van der Waals surface area (Å²) in [6.07, 6.45) is 1.70. The molecule has 0 aliphatic rings. The number of hydrogen-bond donors (Lipinski definition) is 2. The van der Waals surface area contributed by atoms with Crippen molar-refractivity contribution in [3.05, 3.63) is 54.1 Å². The van der Waals surface area contributed by atoms with Crippen molar-refractivity contribution < 1.29 is 9.53 Å². The molecule has 1 aromatic heterocycles. The molecule has 0 aliphatic heterocycles. The van der Waals surface area contributed by atoms with E-state index in [2.05, 4.69) is 16.9 Å². The maximum absolute atomic E-state index is 12.5. The van der Waals surface area contributed by atoms with E-state index in [1.807, 2.05) is 6.07 Å². The molecular weight excluding hydrogens is 324 g/mol. The van der Waals surface area contributed by atoms with Crippen LogP contribution in [-0.4, -0.2) is 23.8 Å². The van der Waals surface area contributed by atoms with E-state index in [9.17, 15) is 10.1 Å². The van der Waals surface area contributed by atoms with E-state index in [4.69, 9.17) is 10.5 Å². The third-order valence-electron chi connectivity index (χ3n) is 3.08. The van der Waals surface area contributed by atoms with Crippen LogP contribution in [0.3, 0.4) is 0 Å². The van der Waals surface area contributed by atoms with Crippen molar-refractivity contribution in [3.8, 4) is 11.8 Å². The van der Waals surface area contributed by atoms with Gasteiger partial charge in [-0.3, -0.25) is 4.79 Å². The molecule has 0 aliphatic carbocycles. The molecule has 6 nitrogen and oxygen atoms in total. The molecule has 1 heterocycles. The van der Waals surface area contributed by atoms with Gasteiger partial charge in [0.05, 0.1) is 23.9 Å². The Kier molecular flexibility index (Phi) is 5.82. The molecule has 0 radical (unpaired) electrons. The highest BCUT2D eigenvalue weighted by atomic mass is 32.2. The number of thioether (sulfide) groups is 1. The molecule has 2 aromatic rings. The van der Waals surface area contributed by atoms with Gasteiger partial charge in [0.1, 0.15) is 22.7 Å². The largest absolute Gasteiger partial charge is 0.495 e. The van der Waals surface area contributed by atoms with Gasteiger partial charge in [-0.15, -0.1) is 18.3 Å². The number of anilines is 2. The van der Waals surface area contributed by atoms with Crippen molar-refractivity contribution in [1.82, 2.24) is 4.98 Å². The van der Waals surface area contributed by atoms with Crippen LogP contribution in [-0.2, 0) is 0 Å². The first kappa shape index (κ1) is 17.4. The maximum Gasteiger partial charge on any atom is 0.259 e. The fourth-order valence-corrected chi connectivity index (χ4v) is 2.66. The van der Waals surface area contributed by atoms with E-state index in [0.717, 1.165) is 0 Å². The van der Waals surface area contributed by atoms with E-state index < -0.39 is 5.91 Å². The average molecular weight is 340 g/mol. The molecule has 24 heavy (non-hydrogen) atoms. The first-order valence-corrected chi connectivity index (χ1v) is 7.98. The van der Waals surface area contributed by atoms with Gasteiger partial charge in [0, 0.05) is 5.75 Å². The number of nitrogen functional groups attached to an aromatic ring is 1. The summed E-state index contributed by atoms with van der Waals surface area (Å²) >= 11 is 1.33. The number of nitrogens with two attached hydrogens (primary N) is 1. The Labute approximate surface area is 144 Å². The van der Waals surface area contributed by atoms with Crippen LogP contribution in [0, 0.1) is 11.3 Å². The first-order chi connectivity index (χ1) is 11.6. The fraction of sp³-hybridized carbons (Fsp3) is 0.118. The molecule has 122 valence electrons. The summed E-state index contributed by atoms with van der Waals surface area (Å²) in [6.45, 7) is 3.62. The van der Waals surface area contributed by atoms with Crippen LogP contribution in [0.1, 0.15) is 15.9 Å². The predicted octanol–water partition coefficient (Wildman–Crippen LogP) is 3.07. The first-order valence-electron chi connectivity index (χ1n) is 6.99. The highest BCUT2D eigenvalue weighted by molar-refractivity contribution is 7.99. The van der Waals surface area contributed by atoms with Crippen molar-refractivity contribution in [2.75, 3.05) is 23.9 Å². The van der Waals surface area contributed by atoms with Crippen LogP contribution in [0.15, 0.2) is 48.0 Å². The minimum Gasteiger partial charge on any atom is -0.495 e. The van der Waals surface area contributed by atoms with E-state index in [-0.39, 0.29) is 11.4 Å². The van der Waals surface area contributed by atoms with Gasteiger partial charge in [0.2, 0.25) is 0 Å². The number of methoxy groups -OCH3 is 1. The number of carbonyl (C=O) groups is 1. The standard InChI is InChI=1S/C17H16N4O2S/c1-3-8-24-17-11(10-18)9-12(15(19)21-17)16(22)20-13-6-4-5-7-14(13)23-2/h3-7,9H,1,8H2,2H3,(H2,19,21)(H,20,22). The number of nitrogens with zero attached hydrogens (tertiary/aromatic N) is 2. The third kappa shape index (κ3) is 3.86. The number of nitriles is 1. The highest BCUT2D eigenvalue weighted by Gasteiger charge is 2.17. The van der Waals surface area contributed by atoms with Crippen LogP contribution in [0.2, 0.25) is 0 Å². The number of rotatable bonds is 6. The molecular formula is C17H16N4O2S. The number of carbonyl (C=O) groups excluding carboxylic acids is 1. The summed E-state index contributed by atoms with van der Waals surface area (Å²) in [5, 5.41) is 12.5. The SMILES string of the molecule is C=CCSc1nc(N)c(C(=O)Nc2ccccc2OC)cc1C#N. The minimum absolute atomic E-state index is 0.0629. The lowest BCUT2D eigenvalue weighted by molar-refractivity contribution is 0.102. The lowest BCUT2D eigenvalue weighted by atomic mass is 10.1. The summed E-state index contributed by atoms with van der Waals surface area (Å²) in [4.78, 5) is 16.6. The van der Waals surface area contributed by atoms with Gasteiger partial charge >= 0.3 is 0 Å². The van der Waals surface area contributed by atoms with Crippen LogP contribution < -0.4 is 15.8 Å². The second kappa shape index (κ2) is 8.04. The summed E-state index contributed by atoms with van der Waals surface area (Å²) < 4.78 is 5.19. The zero-order valence-corrected chi connectivity index (χ0v) is 13.9. The van der Waals surface area contributed by atoms with E-state index in [1.54, 1.807) is 30.3 Å². The molecule has 0 unspecified atom stereocenters. The number of aromatic nitrogens is 1. The monoisotopic (exact) mass is 340 g/mol. The van der Waals surface area contributed by atoms with Gasteiger partial charge in [-0.25, -0.2) is 4.98 Å². The third-order valence-corrected chi connectivity index (χ3v) is 4.06. The number of amides is 1. The quantitative estimate of drug-likeness (QED) is 0.619. The van der Waals surface area contributed by atoms with Gasteiger partial charge in [-0.05, 0) is 18.2 Å². The number of pyridine rings is 1. The number of para-hydroxylation sites is 2. The zero-order valence-electron chi connectivity index (χ0n) is 13.1. The maximum atomic E-state index is 12.5. The second-order valence-electron chi connectivity index (χ2n) is 4.64. The number of ether oxygens (including phenoxy) is 1. The summed E-state index contributed by atoms with van der Waals surface area (Å²) in [6, 6.07) is 10.5. The minimum atomic E-state index is -0.457. The van der Waals surface area contributed by atoms with E-state index in [1.165, 1.54) is 24.9 Å². The van der Waals surface area contributed by atoms with Crippen LogP contribution in [0.5, 0.6) is 5.75 Å². The van der Waals surface area contributed by atoms with Crippen LogP contribution in [0.25, 0.3) is 0 Å². The van der Waals surface area contributed by atoms with Crippen molar-refractivity contribution in [2.45, 2.75) is 5.03 Å². The zero-order chi connectivity index (χ0) is 17.5. The van der Waals surface area contributed by atoms with Crippen molar-refractivity contribution in [1.29, 1.82) is 5.26 Å². The van der Waals surface area contributed by atoms with Crippen LogP contribution >= 0.6 is 11.8 Å². The molecule has 2 rings (SSSR count). The number of benzene rings is 1. The van der Waals surface area contributed by atoms with Gasteiger partial charge in [-0.2, -0.15) is 5.26 Å². The second-order valence-corrected chi connectivity index (χ2v) is 5.65. The Morgan fingerprint density at radius 2 is 2.29 bits per heavy atom. The Hall–Kier alpha value is -2.98. The molecule has 0 saturated carbocycles. The topological polar surface area (TPSA) is 101 Å². The molecule has 7 heteroatoms. The Bertz CT molecular complexity index is 815. The Morgan fingerprint density at radius 3 is 2.96 bits per heavy atom. The van der Waals surface area contributed by atoms with Crippen molar-refractivity contribution >= 4 is 29.2 Å². The molecule has 0 spiro atoms. The fourth-order valence-electron chi connectivity index (χ4n) is 1.96. The molecule has 0 bridgehead atoms. The highest BCUT2D eigenvalue weighted by Crippen LogP contribution is 2.27. The van der Waals surface area contributed by atoms with Gasteiger partial charge in [-0.1, -0.05) is 18.2 Å².